The van der Waals surface area contributed by atoms with Gasteiger partial charge in [-0.25, -0.2) is 0 Å². The topological polar surface area (TPSA) is 78.1 Å². The molecule has 0 aliphatic carbocycles. The van der Waals surface area contributed by atoms with Crippen LogP contribution in [0, 0.1) is 6.92 Å². The molecule has 0 spiro atoms. The van der Waals surface area contributed by atoms with Crippen molar-refractivity contribution in [2.24, 2.45) is 0 Å². The number of nitrogens with two attached hydrogens (primary N) is 3. The Kier molecular flexibility index (Phi) is 2.44. The Morgan fingerprint density at radius 2 is 1.31 bits per heavy atom. The number of nitrogen functional groups attached to an aromatic ring is 3. The van der Waals surface area contributed by atoms with Gasteiger partial charge in [0, 0.05) is 22.6 Å². The summed E-state index contributed by atoms with van der Waals surface area (Å²) < 4.78 is 0. The number of hydrogen-bond acceptors (Lipinski definition) is 3. The van der Waals surface area contributed by atoms with Gasteiger partial charge in [0.1, 0.15) is 0 Å². The van der Waals surface area contributed by atoms with Crippen molar-refractivity contribution in [1.29, 1.82) is 0 Å². The van der Waals surface area contributed by atoms with E-state index in [2.05, 4.69) is 0 Å². The fourth-order valence-corrected chi connectivity index (χ4v) is 1.78. The molecule has 2 rings (SSSR count). The molecule has 0 amide bonds. The summed E-state index contributed by atoms with van der Waals surface area (Å²) in [6.07, 6.45) is 0. The van der Waals surface area contributed by atoms with Gasteiger partial charge in [-0.2, -0.15) is 0 Å². The molecule has 3 nitrogen and oxygen atoms in total. The van der Waals surface area contributed by atoms with Crippen LogP contribution in [0.25, 0.3) is 11.1 Å². The van der Waals surface area contributed by atoms with E-state index in [1.165, 1.54) is 0 Å². The molecule has 0 radical (unpaired) electrons. The first-order valence-corrected chi connectivity index (χ1v) is 5.10. The van der Waals surface area contributed by atoms with Crippen molar-refractivity contribution in [3.8, 4) is 11.1 Å². The van der Waals surface area contributed by atoms with Gasteiger partial charge in [-0.05, 0) is 42.3 Å². The highest BCUT2D eigenvalue weighted by atomic mass is 14.6. The normalized spacial score (nSPS) is 10.3. The molecule has 0 heterocycles. The fraction of sp³-hybridized carbons (Fsp3) is 0.0769. The van der Waals surface area contributed by atoms with Crippen molar-refractivity contribution >= 4 is 17.1 Å². The first-order valence-electron chi connectivity index (χ1n) is 5.10. The second-order valence-electron chi connectivity index (χ2n) is 3.87. The molecule has 3 heteroatoms. The number of hydrogen-bond donors (Lipinski definition) is 3. The van der Waals surface area contributed by atoms with Gasteiger partial charge >= 0.3 is 0 Å². The second-order valence-corrected chi connectivity index (χ2v) is 3.87. The van der Waals surface area contributed by atoms with Crippen LogP contribution in [-0.4, -0.2) is 0 Å². The zero-order valence-electron chi connectivity index (χ0n) is 9.20. The van der Waals surface area contributed by atoms with Crippen LogP contribution in [-0.2, 0) is 0 Å². The predicted molar refractivity (Wildman–Crippen MR) is 69.9 cm³/mol. The molecule has 0 unspecified atom stereocenters. The van der Waals surface area contributed by atoms with E-state index in [1.807, 2.05) is 43.3 Å². The maximum atomic E-state index is 5.97. The third-order valence-electron chi connectivity index (χ3n) is 2.74. The van der Waals surface area contributed by atoms with E-state index < -0.39 is 0 Å². The Hall–Kier alpha value is -2.16. The van der Waals surface area contributed by atoms with Gasteiger partial charge in [0.15, 0.2) is 0 Å². The van der Waals surface area contributed by atoms with Crippen molar-refractivity contribution in [3.63, 3.8) is 0 Å². The van der Waals surface area contributed by atoms with Crippen LogP contribution in [0.1, 0.15) is 5.56 Å². The van der Waals surface area contributed by atoms with Crippen molar-refractivity contribution < 1.29 is 0 Å². The van der Waals surface area contributed by atoms with E-state index in [0.717, 1.165) is 33.8 Å². The lowest BCUT2D eigenvalue weighted by molar-refractivity contribution is 1.46. The third kappa shape index (κ3) is 1.67. The minimum absolute atomic E-state index is 0.733. The molecule has 0 aliphatic heterocycles. The predicted octanol–water partition coefficient (Wildman–Crippen LogP) is 2.41. The van der Waals surface area contributed by atoms with Crippen molar-refractivity contribution in [3.05, 3.63) is 42.0 Å². The summed E-state index contributed by atoms with van der Waals surface area (Å²) in [4.78, 5) is 0. The van der Waals surface area contributed by atoms with Gasteiger partial charge in [-0.15, -0.1) is 0 Å². The van der Waals surface area contributed by atoms with Gasteiger partial charge in [0.25, 0.3) is 0 Å². The molecule has 0 bridgehead atoms. The Morgan fingerprint density at radius 1 is 0.750 bits per heavy atom. The van der Waals surface area contributed by atoms with Crippen LogP contribution in [0.15, 0.2) is 36.4 Å². The number of anilines is 3. The van der Waals surface area contributed by atoms with Crippen molar-refractivity contribution in [2.45, 2.75) is 6.92 Å². The van der Waals surface area contributed by atoms with Crippen LogP contribution in [0.3, 0.4) is 0 Å². The Bertz CT molecular complexity index is 515. The fourth-order valence-electron chi connectivity index (χ4n) is 1.78. The first kappa shape index (κ1) is 10.4. The van der Waals surface area contributed by atoms with Crippen LogP contribution in [0.5, 0.6) is 0 Å². The molecule has 82 valence electrons. The molecule has 0 aromatic heterocycles. The highest BCUT2D eigenvalue weighted by Crippen LogP contribution is 2.32. The molecular weight excluding hydrogens is 198 g/mol. The van der Waals surface area contributed by atoms with Gasteiger partial charge < -0.3 is 17.2 Å². The van der Waals surface area contributed by atoms with E-state index >= 15 is 0 Å². The quantitative estimate of drug-likeness (QED) is 0.636. The molecule has 16 heavy (non-hydrogen) atoms. The Labute approximate surface area is 94.9 Å². The van der Waals surface area contributed by atoms with E-state index in [0.29, 0.717) is 0 Å². The van der Waals surface area contributed by atoms with Crippen LogP contribution in [0.2, 0.25) is 0 Å². The Balaban J connectivity index is 2.63. The van der Waals surface area contributed by atoms with Gasteiger partial charge in [0.2, 0.25) is 0 Å². The summed E-state index contributed by atoms with van der Waals surface area (Å²) in [5, 5.41) is 0. The third-order valence-corrected chi connectivity index (χ3v) is 2.74. The van der Waals surface area contributed by atoms with E-state index in [-0.39, 0.29) is 0 Å². The van der Waals surface area contributed by atoms with E-state index in [9.17, 15) is 0 Å². The average molecular weight is 213 g/mol. The number of rotatable bonds is 1. The molecule has 6 N–H and O–H groups in total. The Morgan fingerprint density at radius 3 is 1.94 bits per heavy atom. The largest absolute Gasteiger partial charge is 0.399 e. The summed E-state index contributed by atoms with van der Waals surface area (Å²) in [5.74, 6) is 0. The van der Waals surface area contributed by atoms with Crippen molar-refractivity contribution in [1.82, 2.24) is 0 Å². The summed E-state index contributed by atoms with van der Waals surface area (Å²) in [6.45, 7) is 1.97. The number of benzene rings is 2. The minimum atomic E-state index is 0.733. The zero-order chi connectivity index (χ0) is 11.7. The average Bonchev–Trinajstić information content (AvgIpc) is 2.27. The molecular formula is C13H15N3. The highest BCUT2D eigenvalue weighted by molar-refractivity contribution is 5.83. The molecule has 0 saturated heterocycles. The van der Waals surface area contributed by atoms with Crippen LogP contribution >= 0.6 is 0 Å². The summed E-state index contributed by atoms with van der Waals surface area (Å²) in [7, 11) is 0. The van der Waals surface area contributed by atoms with Gasteiger partial charge in [-0.3, -0.25) is 0 Å². The zero-order valence-corrected chi connectivity index (χ0v) is 9.20. The maximum Gasteiger partial charge on any atom is 0.0397 e. The minimum Gasteiger partial charge on any atom is -0.399 e. The van der Waals surface area contributed by atoms with Crippen molar-refractivity contribution in [2.75, 3.05) is 17.2 Å². The SMILES string of the molecule is Cc1c(N)ccc(N)c1-c1ccc(N)cc1. The van der Waals surface area contributed by atoms with E-state index in [1.54, 1.807) is 0 Å². The monoisotopic (exact) mass is 213 g/mol. The van der Waals surface area contributed by atoms with E-state index in [4.69, 9.17) is 17.2 Å². The standard InChI is InChI=1S/C13H15N3/c1-8-11(15)6-7-12(16)13(8)9-2-4-10(14)5-3-9/h2-7H,14-16H2,1H3. The summed E-state index contributed by atoms with van der Waals surface area (Å²) >= 11 is 0. The summed E-state index contributed by atoms with van der Waals surface area (Å²) in [5.41, 5.74) is 22.8. The molecule has 2 aromatic rings. The highest BCUT2D eigenvalue weighted by Gasteiger charge is 2.08. The van der Waals surface area contributed by atoms with Gasteiger partial charge in [-0.1, -0.05) is 12.1 Å². The molecule has 0 saturated carbocycles. The lowest BCUT2D eigenvalue weighted by Gasteiger charge is -2.12. The molecule has 2 aromatic carbocycles. The van der Waals surface area contributed by atoms with Crippen LogP contribution in [0.4, 0.5) is 17.1 Å². The van der Waals surface area contributed by atoms with Crippen LogP contribution < -0.4 is 17.2 Å². The maximum absolute atomic E-state index is 5.97. The lowest BCUT2D eigenvalue weighted by atomic mass is 9.97. The van der Waals surface area contributed by atoms with Gasteiger partial charge in [0.05, 0.1) is 0 Å². The smallest absolute Gasteiger partial charge is 0.0397 e. The lowest BCUT2D eigenvalue weighted by Crippen LogP contribution is -1.97. The first-order chi connectivity index (χ1) is 7.59. The molecule has 0 fully saturated rings. The second kappa shape index (κ2) is 3.77. The molecule has 0 atom stereocenters. The summed E-state index contributed by atoms with van der Waals surface area (Å²) in [6, 6.07) is 11.3. The molecule has 0 aliphatic rings.